The highest BCUT2D eigenvalue weighted by Gasteiger charge is 2.39. The van der Waals surface area contributed by atoms with E-state index in [9.17, 15) is 29.4 Å². The Morgan fingerprint density at radius 2 is 0.868 bits per heavy atom. The summed E-state index contributed by atoms with van der Waals surface area (Å²) < 4.78 is 0. The molecule has 2 aromatic carbocycles. The molecule has 2 amide bonds. The Morgan fingerprint density at radius 3 is 1.16 bits per heavy atom. The number of anilines is 2. The van der Waals surface area contributed by atoms with Gasteiger partial charge < -0.3 is 20.8 Å². The smallest absolute Gasteiger partial charge is 0.303 e. The van der Waals surface area contributed by atoms with E-state index in [1.165, 1.54) is 0 Å². The Morgan fingerprint density at radius 1 is 0.553 bits per heavy atom. The summed E-state index contributed by atoms with van der Waals surface area (Å²) in [5.41, 5.74) is 2.33. The fourth-order valence-corrected chi connectivity index (χ4v) is 6.31. The molecule has 0 aromatic heterocycles. The second-order valence-electron chi connectivity index (χ2n) is 11.2. The first-order chi connectivity index (χ1) is 18.2. The van der Waals surface area contributed by atoms with Gasteiger partial charge in [0.25, 0.3) is 0 Å². The first-order valence-corrected chi connectivity index (χ1v) is 13.4. The van der Waals surface area contributed by atoms with E-state index in [0.29, 0.717) is 11.4 Å². The number of hydrogen-bond donors (Lipinski definition) is 4. The Kier molecular flexibility index (Phi) is 8.49. The van der Waals surface area contributed by atoms with Crippen LogP contribution >= 0.6 is 0 Å². The van der Waals surface area contributed by atoms with Gasteiger partial charge in [0.15, 0.2) is 0 Å². The van der Waals surface area contributed by atoms with Gasteiger partial charge in [0.2, 0.25) is 11.8 Å². The van der Waals surface area contributed by atoms with E-state index >= 15 is 0 Å². The van der Waals surface area contributed by atoms with E-state index < -0.39 is 22.8 Å². The standard InChI is InChI=1S/C30H36N2O6/c33-25(17-29(19-27(35)36)13-1-2-14-29)31-23-9-5-21(6-10-23)22-7-11-24(12-8-22)32-26(34)18-30(20-28(37)38)15-3-4-16-30/h5-12H,1-4,13-20H2,(H,31,33)(H,32,34)(H,35,36)(H,37,38). The molecule has 2 fully saturated rings. The predicted molar refractivity (Wildman–Crippen MR) is 145 cm³/mol. The Labute approximate surface area is 222 Å². The van der Waals surface area contributed by atoms with Crippen molar-refractivity contribution in [1.29, 1.82) is 0 Å². The largest absolute Gasteiger partial charge is 0.481 e. The molecule has 0 bridgehead atoms. The average molecular weight is 521 g/mol. The lowest BCUT2D eigenvalue weighted by Crippen LogP contribution is -2.27. The van der Waals surface area contributed by atoms with E-state index in [4.69, 9.17) is 0 Å². The molecule has 0 aliphatic heterocycles. The molecule has 2 saturated carbocycles. The van der Waals surface area contributed by atoms with Gasteiger partial charge >= 0.3 is 11.9 Å². The van der Waals surface area contributed by atoms with Crippen LogP contribution in [0.4, 0.5) is 11.4 Å². The summed E-state index contributed by atoms with van der Waals surface area (Å²) in [5.74, 6) is -2.04. The molecule has 4 N–H and O–H groups in total. The van der Waals surface area contributed by atoms with Gasteiger partial charge in [-0.3, -0.25) is 19.2 Å². The number of carboxylic acid groups (broad SMARTS) is 2. The summed E-state index contributed by atoms with van der Waals surface area (Å²) in [7, 11) is 0. The SMILES string of the molecule is O=C(O)CC1(CC(=O)Nc2ccc(-c3ccc(NC(=O)CC4(CC(=O)O)CCCC4)cc3)cc2)CCCC1. The van der Waals surface area contributed by atoms with Gasteiger partial charge in [0, 0.05) is 24.2 Å². The Bertz CT molecular complexity index is 1070. The number of aliphatic carboxylic acids is 2. The number of amides is 2. The molecule has 2 aliphatic carbocycles. The van der Waals surface area contributed by atoms with Crippen molar-refractivity contribution in [3.05, 3.63) is 48.5 Å². The van der Waals surface area contributed by atoms with Crippen LogP contribution in [-0.4, -0.2) is 34.0 Å². The number of benzene rings is 2. The molecule has 8 heteroatoms. The van der Waals surface area contributed by atoms with Crippen LogP contribution in [0.15, 0.2) is 48.5 Å². The number of carbonyl (C=O) groups is 4. The maximum atomic E-state index is 12.6. The highest BCUT2D eigenvalue weighted by atomic mass is 16.4. The molecule has 0 spiro atoms. The fourth-order valence-electron chi connectivity index (χ4n) is 6.31. The van der Waals surface area contributed by atoms with Crippen molar-refractivity contribution in [2.75, 3.05) is 10.6 Å². The lowest BCUT2D eigenvalue weighted by Gasteiger charge is -2.26. The summed E-state index contributed by atoms with van der Waals surface area (Å²) in [6, 6.07) is 14.9. The lowest BCUT2D eigenvalue weighted by atomic mass is 9.79. The van der Waals surface area contributed by atoms with Crippen LogP contribution in [0.1, 0.15) is 77.0 Å². The van der Waals surface area contributed by atoms with Gasteiger partial charge in [0.05, 0.1) is 12.8 Å². The predicted octanol–water partition coefficient (Wildman–Crippen LogP) is 6.08. The van der Waals surface area contributed by atoms with E-state index in [-0.39, 0.29) is 37.5 Å². The minimum atomic E-state index is -0.856. The van der Waals surface area contributed by atoms with Crippen LogP contribution < -0.4 is 10.6 Å². The van der Waals surface area contributed by atoms with Crippen LogP contribution in [0.2, 0.25) is 0 Å². The lowest BCUT2D eigenvalue weighted by molar-refractivity contribution is -0.141. The summed E-state index contributed by atoms with van der Waals surface area (Å²) >= 11 is 0. The third-order valence-corrected chi connectivity index (χ3v) is 8.12. The van der Waals surface area contributed by atoms with E-state index in [2.05, 4.69) is 10.6 Å². The summed E-state index contributed by atoms with van der Waals surface area (Å²) in [6.45, 7) is 0. The summed E-state index contributed by atoms with van der Waals surface area (Å²) in [5, 5.41) is 24.3. The van der Waals surface area contributed by atoms with Crippen LogP contribution in [-0.2, 0) is 19.2 Å². The van der Waals surface area contributed by atoms with Crippen LogP contribution in [0.25, 0.3) is 11.1 Å². The highest BCUT2D eigenvalue weighted by molar-refractivity contribution is 5.93. The molecule has 8 nitrogen and oxygen atoms in total. The van der Waals surface area contributed by atoms with Gasteiger partial charge in [-0.05, 0) is 71.9 Å². The van der Waals surface area contributed by atoms with Gasteiger partial charge in [-0.1, -0.05) is 49.9 Å². The molecule has 0 radical (unpaired) electrons. The zero-order chi connectivity index (χ0) is 27.2. The average Bonchev–Trinajstić information content (AvgIpc) is 3.48. The van der Waals surface area contributed by atoms with E-state index in [0.717, 1.165) is 62.5 Å². The van der Waals surface area contributed by atoms with Gasteiger partial charge in [-0.25, -0.2) is 0 Å². The normalized spacial score (nSPS) is 17.6. The number of carbonyl (C=O) groups excluding carboxylic acids is 2. The molecule has 2 aromatic rings. The number of hydrogen-bond acceptors (Lipinski definition) is 4. The molecule has 38 heavy (non-hydrogen) atoms. The number of rotatable bonds is 11. The van der Waals surface area contributed by atoms with Crippen molar-refractivity contribution in [2.24, 2.45) is 10.8 Å². The number of nitrogens with one attached hydrogen (secondary N) is 2. The maximum absolute atomic E-state index is 12.6. The second-order valence-corrected chi connectivity index (χ2v) is 11.2. The van der Waals surface area contributed by atoms with Crippen LogP contribution in [0, 0.1) is 10.8 Å². The van der Waals surface area contributed by atoms with Gasteiger partial charge in [-0.15, -0.1) is 0 Å². The molecule has 202 valence electrons. The molecule has 0 unspecified atom stereocenters. The molecule has 4 rings (SSSR count). The summed E-state index contributed by atoms with van der Waals surface area (Å²) in [4.78, 5) is 47.9. The van der Waals surface area contributed by atoms with Crippen molar-refractivity contribution < 1.29 is 29.4 Å². The molecule has 0 saturated heterocycles. The number of carboxylic acids is 2. The van der Waals surface area contributed by atoms with E-state index in [1.54, 1.807) is 0 Å². The van der Waals surface area contributed by atoms with Crippen molar-refractivity contribution in [1.82, 2.24) is 0 Å². The molecule has 0 heterocycles. The van der Waals surface area contributed by atoms with Crippen LogP contribution in [0.3, 0.4) is 0 Å². The zero-order valence-electron chi connectivity index (χ0n) is 21.6. The third-order valence-electron chi connectivity index (χ3n) is 8.12. The van der Waals surface area contributed by atoms with Gasteiger partial charge in [0.1, 0.15) is 0 Å². The monoisotopic (exact) mass is 520 g/mol. The molecule has 2 aliphatic rings. The fraction of sp³-hybridized carbons (Fsp3) is 0.467. The maximum Gasteiger partial charge on any atom is 0.303 e. The highest BCUT2D eigenvalue weighted by Crippen LogP contribution is 2.45. The Balaban J connectivity index is 1.32. The first-order valence-electron chi connectivity index (χ1n) is 13.4. The van der Waals surface area contributed by atoms with Crippen LogP contribution in [0.5, 0.6) is 0 Å². The topological polar surface area (TPSA) is 133 Å². The third kappa shape index (κ3) is 7.21. The van der Waals surface area contributed by atoms with Crippen molar-refractivity contribution in [3.63, 3.8) is 0 Å². The quantitative estimate of drug-likeness (QED) is 0.284. The van der Waals surface area contributed by atoms with Crippen molar-refractivity contribution in [3.8, 4) is 11.1 Å². The van der Waals surface area contributed by atoms with Crippen molar-refractivity contribution >= 4 is 35.1 Å². The molecule has 0 atom stereocenters. The second kappa shape index (κ2) is 11.8. The zero-order valence-corrected chi connectivity index (χ0v) is 21.6. The van der Waals surface area contributed by atoms with Gasteiger partial charge in [-0.2, -0.15) is 0 Å². The Hall–Kier alpha value is -3.68. The molecular formula is C30H36N2O6. The molecular weight excluding hydrogens is 484 g/mol. The first kappa shape index (κ1) is 27.4. The minimum absolute atomic E-state index is 0.0268. The minimum Gasteiger partial charge on any atom is -0.481 e. The van der Waals surface area contributed by atoms with E-state index in [1.807, 2.05) is 48.5 Å². The van der Waals surface area contributed by atoms with Crippen molar-refractivity contribution in [2.45, 2.75) is 77.0 Å². The summed E-state index contributed by atoms with van der Waals surface area (Å²) in [6.07, 6.45) is 7.40.